The van der Waals surface area contributed by atoms with Gasteiger partial charge in [-0.05, 0) is 18.2 Å². The Morgan fingerprint density at radius 2 is 2.05 bits per heavy atom. The number of rotatable bonds is 3. The molecule has 0 spiro atoms. The van der Waals surface area contributed by atoms with Gasteiger partial charge in [-0.1, -0.05) is 0 Å². The van der Waals surface area contributed by atoms with Crippen LogP contribution in [0.3, 0.4) is 0 Å². The molecule has 0 bridgehead atoms. The normalized spacial score (nSPS) is 20.3. The molecule has 2 aromatic rings. The predicted octanol–water partition coefficient (Wildman–Crippen LogP) is 2.66. The van der Waals surface area contributed by atoms with Gasteiger partial charge in [0, 0.05) is 35.9 Å². The Labute approximate surface area is 123 Å². The lowest BCUT2D eigenvalue weighted by Gasteiger charge is -2.30. The quantitative estimate of drug-likeness (QED) is 0.940. The first-order valence-corrected chi connectivity index (χ1v) is 6.74. The van der Waals surface area contributed by atoms with Gasteiger partial charge >= 0.3 is 0 Å². The lowest BCUT2D eigenvalue weighted by atomic mass is 9.95. The molecule has 2 heterocycles. The molecular weight excluding hydrogens is 270 g/mol. The summed E-state index contributed by atoms with van der Waals surface area (Å²) in [5.74, 6) is 1.90. The Bertz CT molecular complexity index is 627. The fraction of sp³-hybridized carbons (Fsp3) is 0.312. The lowest BCUT2D eigenvalue weighted by Crippen LogP contribution is -2.19. The van der Waals surface area contributed by atoms with Gasteiger partial charge in [0.25, 0.3) is 0 Å². The predicted molar refractivity (Wildman–Crippen MR) is 76.7 cm³/mol. The summed E-state index contributed by atoms with van der Waals surface area (Å²) in [5, 5.41) is 10.3. The largest absolute Gasteiger partial charge is 0.497 e. The van der Waals surface area contributed by atoms with Crippen molar-refractivity contribution in [1.29, 1.82) is 0 Å². The van der Waals surface area contributed by atoms with E-state index in [1.807, 2.05) is 18.2 Å². The Morgan fingerprint density at radius 3 is 2.71 bits per heavy atom. The second-order valence-electron chi connectivity index (χ2n) is 4.90. The first-order valence-electron chi connectivity index (χ1n) is 6.74. The van der Waals surface area contributed by atoms with Gasteiger partial charge < -0.3 is 19.3 Å². The molecule has 110 valence electrons. The van der Waals surface area contributed by atoms with Gasteiger partial charge in [0.15, 0.2) is 0 Å². The minimum Gasteiger partial charge on any atom is -0.497 e. The first kappa shape index (κ1) is 13.7. The Balaban J connectivity index is 1.89. The van der Waals surface area contributed by atoms with Gasteiger partial charge in [0.1, 0.15) is 17.6 Å². The number of ether oxygens (including phenoxy) is 3. The van der Waals surface area contributed by atoms with E-state index in [2.05, 4.69) is 4.98 Å². The third-order valence-corrected chi connectivity index (χ3v) is 3.63. The Kier molecular flexibility index (Phi) is 3.66. The molecule has 1 aromatic heterocycles. The van der Waals surface area contributed by atoms with Crippen molar-refractivity contribution in [2.24, 2.45) is 0 Å². The van der Waals surface area contributed by atoms with E-state index < -0.39 is 6.10 Å². The zero-order valence-electron chi connectivity index (χ0n) is 11.9. The molecule has 3 rings (SSSR count). The molecule has 5 nitrogen and oxygen atoms in total. The molecule has 1 unspecified atom stereocenters. The van der Waals surface area contributed by atoms with Gasteiger partial charge in [0.2, 0.25) is 5.88 Å². The first-order chi connectivity index (χ1) is 10.2. The third kappa shape index (κ3) is 2.64. The van der Waals surface area contributed by atoms with E-state index in [1.54, 1.807) is 32.5 Å². The van der Waals surface area contributed by atoms with E-state index >= 15 is 0 Å². The summed E-state index contributed by atoms with van der Waals surface area (Å²) < 4.78 is 16.2. The number of aliphatic hydroxyl groups excluding tert-OH is 1. The van der Waals surface area contributed by atoms with Crippen LogP contribution >= 0.6 is 0 Å². The summed E-state index contributed by atoms with van der Waals surface area (Å²) in [5.41, 5.74) is 1.69. The van der Waals surface area contributed by atoms with Crippen molar-refractivity contribution in [1.82, 2.24) is 4.98 Å². The van der Waals surface area contributed by atoms with Crippen LogP contribution < -0.4 is 14.2 Å². The van der Waals surface area contributed by atoms with Crippen LogP contribution in [0.5, 0.6) is 17.4 Å². The van der Waals surface area contributed by atoms with Gasteiger partial charge in [0.05, 0.1) is 20.3 Å². The number of hydrogen-bond acceptors (Lipinski definition) is 5. The molecule has 0 fully saturated rings. The SMILES string of the molecule is COc1ccc2c(c1)OC(c1ccc(OC)nc1)C[C@H]2O. The van der Waals surface area contributed by atoms with Crippen LogP contribution in [0.2, 0.25) is 0 Å². The highest BCUT2D eigenvalue weighted by molar-refractivity contribution is 5.44. The molecule has 1 aromatic carbocycles. The lowest BCUT2D eigenvalue weighted by molar-refractivity contribution is 0.0653. The van der Waals surface area contributed by atoms with Gasteiger partial charge in [-0.3, -0.25) is 0 Å². The van der Waals surface area contributed by atoms with E-state index in [0.29, 0.717) is 23.8 Å². The van der Waals surface area contributed by atoms with E-state index in [0.717, 1.165) is 11.1 Å². The second kappa shape index (κ2) is 5.61. The van der Waals surface area contributed by atoms with E-state index in [1.165, 1.54) is 0 Å². The van der Waals surface area contributed by atoms with Crippen LogP contribution in [0.15, 0.2) is 36.5 Å². The van der Waals surface area contributed by atoms with Crippen molar-refractivity contribution in [2.75, 3.05) is 14.2 Å². The number of nitrogens with zero attached hydrogens (tertiary/aromatic N) is 1. The van der Waals surface area contributed by atoms with Crippen LogP contribution in [0, 0.1) is 0 Å². The summed E-state index contributed by atoms with van der Waals surface area (Å²) >= 11 is 0. The van der Waals surface area contributed by atoms with Crippen LogP contribution in [-0.4, -0.2) is 24.3 Å². The monoisotopic (exact) mass is 287 g/mol. The van der Waals surface area contributed by atoms with Crippen molar-refractivity contribution in [3.05, 3.63) is 47.7 Å². The van der Waals surface area contributed by atoms with Crippen LogP contribution in [0.25, 0.3) is 0 Å². The number of hydrogen-bond donors (Lipinski definition) is 1. The average Bonchev–Trinajstić information content (AvgIpc) is 2.54. The van der Waals surface area contributed by atoms with Crippen LogP contribution in [-0.2, 0) is 0 Å². The molecule has 0 saturated carbocycles. The standard InChI is InChI=1S/C16H17NO4/c1-19-11-4-5-12-13(18)8-14(21-15(12)7-11)10-3-6-16(20-2)17-9-10/h3-7,9,13-14,18H,8H2,1-2H3/t13-,14?/m1/s1. The summed E-state index contributed by atoms with van der Waals surface area (Å²) in [4.78, 5) is 4.18. The van der Waals surface area contributed by atoms with E-state index in [4.69, 9.17) is 14.2 Å². The number of pyridine rings is 1. The van der Waals surface area contributed by atoms with Crippen molar-refractivity contribution >= 4 is 0 Å². The van der Waals surface area contributed by atoms with E-state index in [9.17, 15) is 5.11 Å². The van der Waals surface area contributed by atoms with Crippen molar-refractivity contribution < 1.29 is 19.3 Å². The molecule has 0 saturated heterocycles. The maximum Gasteiger partial charge on any atom is 0.212 e. The Hall–Kier alpha value is -2.27. The van der Waals surface area contributed by atoms with Gasteiger partial charge in [-0.2, -0.15) is 0 Å². The third-order valence-electron chi connectivity index (χ3n) is 3.63. The zero-order chi connectivity index (χ0) is 14.8. The number of methoxy groups -OCH3 is 2. The molecule has 21 heavy (non-hydrogen) atoms. The topological polar surface area (TPSA) is 60.8 Å². The minimum atomic E-state index is -0.563. The summed E-state index contributed by atoms with van der Waals surface area (Å²) in [6.07, 6.45) is 1.40. The molecule has 1 aliphatic rings. The summed E-state index contributed by atoms with van der Waals surface area (Å²) in [6.45, 7) is 0. The molecule has 0 aliphatic carbocycles. The maximum absolute atomic E-state index is 10.3. The van der Waals surface area contributed by atoms with E-state index in [-0.39, 0.29) is 6.10 Å². The van der Waals surface area contributed by atoms with Gasteiger partial charge in [-0.15, -0.1) is 0 Å². The number of aliphatic hydroxyl groups is 1. The smallest absolute Gasteiger partial charge is 0.212 e. The van der Waals surface area contributed by atoms with Crippen molar-refractivity contribution in [3.63, 3.8) is 0 Å². The van der Waals surface area contributed by atoms with Crippen molar-refractivity contribution in [3.8, 4) is 17.4 Å². The molecule has 0 amide bonds. The maximum atomic E-state index is 10.3. The van der Waals surface area contributed by atoms with Crippen LogP contribution in [0.1, 0.15) is 29.8 Å². The van der Waals surface area contributed by atoms with Crippen molar-refractivity contribution in [2.45, 2.75) is 18.6 Å². The highest BCUT2D eigenvalue weighted by Gasteiger charge is 2.28. The zero-order valence-corrected chi connectivity index (χ0v) is 11.9. The molecule has 2 atom stereocenters. The Morgan fingerprint density at radius 1 is 1.19 bits per heavy atom. The fourth-order valence-corrected chi connectivity index (χ4v) is 2.46. The fourth-order valence-electron chi connectivity index (χ4n) is 2.46. The molecule has 5 heteroatoms. The highest BCUT2D eigenvalue weighted by atomic mass is 16.5. The minimum absolute atomic E-state index is 0.238. The molecule has 0 radical (unpaired) electrons. The summed E-state index contributed by atoms with van der Waals surface area (Å²) in [6, 6.07) is 9.13. The van der Waals surface area contributed by atoms with Crippen LogP contribution in [0.4, 0.5) is 0 Å². The summed E-state index contributed by atoms with van der Waals surface area (Å²) in [7, 11) is 3.18. The molecule has 1 N–H and O–H groups in total. The number of aromatic nitrogens is 1. The van der Waals surface area contributed by atoms with Gasteiger partial charge in [-0.25, -0.2) is 4.98 Å². The number of fused-ring (bicyclic) bond motifs is 1. The average molecular weight is 287 g/mol. The molecular formula is C16H17NO4. The molecule has 1 aliphatic heterocycles. The highest BCUT2D eigenvalue weighted by Crippen LogP contribution is 2.42. The number of benzene rings is 1. The second-order valence-corrected chi connectivity index (χ2v) is 4.90.